The largest absolute Gasteiger partial charge is 0.459 e. The van der Waals surface area contributed by atoms with E-state index >= 15 is 0 Å². The van der Waals surface area contributed by atoms with Gasteiger partial charge in [-0.1, -0.05) is 48.4 Å². The number of benzene rings is 2. The zero-order chi connectivity index (χ0) is 13.0. The fraction of sp³-hybridized carbons (Fsp3) is 0.133. The fourth-order valence-corrected chi connectivity index (χ4v) is 1.74. The number of rotatable bonds is 1. The molecule has 0 amide bonds. The van der Waals surface area contributed by atoms with Gasteiger partial charge in [0.2, 0.25) is 0 Å². The second kappa shape index (κ2) is 5.35. The lowest BCUT2D eigenvalue weighted by atomic mass is 10.0. The molecule has 0 aliphatic carbocycles. The van der Waals surface area contributed by atoms with Crippen LogP contribution in [0, 0.1) is 11.8 Å². The molecule has 2 aromatic carbocycles. The molecule has 1 N–H and O–H groups in total. The predicted molar refractivity (Wildman–Crippen MR) is 68.7 cm³/mol. The van der Waals surface area contributed by atoms with Crippen molar-refractivity contribution in [2.24, 2.45) is 0 Å². The van der Waals surface area contributed by atoms with Gasteiger partial charge in [0.05, 0.1) is 7.11 Å². The molecule has 0 spiro atoms. The number of methoxy groups -OCH3 is 1. The number of hydrogen-bond acceptors (Lipinski definition) is 3. The monoisotopic (exact) mass is 240 g/mol. The Kier molecular flexibility index (Phi) is 3.61. The molecule has 0 aliphatic rings. The minimum atomic E-state index is -1.00. The third-order valence-electron chi connectivity index (χ3n) is 2.61. The first kappa shape index (κ1) is 12.2. The van der Waals surface area contributed by atoms with Gasteiger partial charge in [-0.3, -0.25) is 0 Å². The minimum Gasteiger partial charge on any atom is -0.459 e. The van der Waals surface area contributed by atoms with E-state index in [2.05, 4.69) is 16.6 Å². The molecule has 1 unspecified atom stereocenters. The SMILES string of the molecule is COC(=O)C#CC(O)c1cccc2ccccc12. The van der Waals surface area contributed by atoms with Gasteiger partial charge in [0, 0.05) is 11.5 Å². The number of fused-ring (bicyclic) bond motifs is 1. The second-order valence-electron chi connectivity index (χ2n) is 3.73. The zero-order valence-corrected chi connectivity index (χ0v) is 9.88. The molecule has 3 heteroatoms. The van der Waals surface area contributed by atoms with Crippen LogP contribution in [0.3, 0.4) is 0 Å². The Labute approximate surface area is 105 Å². The molecule has 2 aromatic rings. The number of carbonyl (C=O) groups is 1. The summed E-state index contributed by atoms with van der Waals surface area (Å²) in [5.41, 5.74) is 0.685. The van der Waals surface area contributed by atoms with E-state index in [9.17, 15) is 9.90 Å². The van der Waals surface area contributed by atoms with Crippen LogP contribution in [0.5, 0.6) is 0 Å². The molecular weight excluding hydrogens is 228 g/mol. The number of ether oxygens (including phenoxy) is 1. The second-order valence-corrected chi connectivity index (χ2v) is 3.73. The standard InChI is InChI=1S/C15H12O3/c1-18-15(17)10-9-14(16)13-8-4-6-11-5-2-3-7-12(11)13/h2-8,14,16H,1H3. The van der Waals surface area contributed by atoms with Gasteiger partial charge in [-0.2, -0.15) is 0 Å². The molecule has 0 saturated heterocycles. The minimum absolute atomic E-state index is 0.658. The average Bonchev–Trinajstić information content (AvgIpc) is 2.43. The highest BCUT2D eigenvalue weighted by Gasteiger charge is 2.08. The van der Waals surface area contributed by atoms with Crippen molar-refractivity contribution in [3.63, 3.8) is 0 Å². The van der Waals surface area contributed by atoms with Crippen molar-refractivity contribution in [2.75, 3.05) is 7.11 Å². The highest BCUT2D eigenvalue weighted by atomic mass is 16.5. The third-order valence-corrected chi connectivity index (χ3v) is 2.61. The van der Waals surface area contributed by atoms with Crippen molar-refractivity contribution in [1.82, 2.24) is 0 Å². The topological polar surface area (TPSA) is 46.5 Å². The highest BCUT2D eigenvalue weighted by molar-refractivity contribution is 5.89. The molecule has 0 bridgehead atoms. The maximum Gasteiger partial charge on any atom is 0.384 e. The Morgan fingerprint density at radius 3 is 2.72 bits per heavy atom. The van der Waals surface area contributed by atoms with Gasteiger partial charge in [-0.15, -0.1) is 0 Å². The van der Waals surface area contributed by atoms with Crippen molar-refractivity contribution in [1.29, 1.82) is 0 Å². The highest BCUT2D eigenvalue weighted by Crippen LogP contribution is 2.23. The lowest BCUT2D eigenvalue weighted by Crippen LogP contribution is -1.99. The van der Waals surface area contributed by atoms with Gasteiger partial charge < -0.3 is 9.84 Å². The molecule has 0 radical (unpaired) electrons. The number of aliphatic hydroxyl groups excluding tert-OH is 1. The van der Waals surface area contributed by atoms with Gasteiger partial charge in [0.15, 0.2) is 0 Å². The van der Waals surface area contributed by atoms with Crippen LogP contribution < -0.4 is 0 Å². The molecular formula is C15H12O3. The molecule has 18 heavy (non-hydrogen) atoms. The first-order valence-electron chi connectivity index (χ1n) is 5.47. The van der Waals surface area contributed by atoms with E-state index in [1.54, 1.807) is 6.07 Å². The van der Waals surface area contributed by atoms with Crippen molar-refractivity contribution in [3.05, 3.63) is 48.0 Å². The van der Waals surface area contributed by atoms with Gasteiger partial charge in [-0.05, 0) is 10.8 Å². The van der Waals surface area contributed by atoms with E-state index in [-0.39, 0.29) is 0 Å². The van der Waals surface area contributed by atoms with E-state index in [1.807, 2.05) is 36.4 Å². The summed E-state index contributed by atoms with van der Waals surface area (Å²) < 4.78 is 4.40. The molecule has 0 saturated carbocycles. The number of esters is 1. The van der Waals surface area contributed by atoms with Crippen LogP contribution in [0.1, 0.15) is 11.7 Å². The summed E-state index contributed by atoms with van der Waals surface area (Å²) in [5, 5.41) is 11.9. The first-order chi connectivity index (χ1) is 8.72. The van der Waals surface area contributed by atoms with Crippen molar-refractivity contribution >= 4 is 16.7 Å². The number of carbonyl (C=O) groups excluding carboxylic acids is 1. The van der Waals surface area contributed by atoms with Crippen LogP contribution >= 0.6 is 0 Å². The van der Waals surface area contributed by atoms with Gasteiger partial charge in [-0.25, -0.2) is 4.79 Å². The third kappa shape index (κ3) is 2.50. The summed E-state index contributed by atoms with van der Waals surface area (Å²) >= 11 is 0. The molecule has 0 heterocycles. The Balaban J connectivity index is 2.41. The lowest BCUT2D eigenvalue weighted by Gasteiger charge is -2.07. The first-order valence-corrected chi connectivity index (χ1v) is 5.47. The molecule has 90 valence electrons. The number of hydrogen-bond donors (Lipinski definition) is 1. The maximum absolute atomic E-state index is 10.9. The van der Waals surface area contributed by atoms with E-state index < -0.39 is 12.1 Å². The van der Waals surface area contributed by atoms with Crippen LogP contribution in [0.15, 0.2) is 42.5 Å². The van der Waals surface area contributed by atoms with Crippen molar-refractivity contribution in [2.45, 2.75) is 6.10 Å². The number of aliphatic hydroxyl groups is 1. The molecule has 1 atom stereocenters. The molecule has 0 aliphatic heterocycles. The van der Waals surface area contributed by atoms with Gasteiger partial charge in [0.1, 0.15) is 6.10 Å². The van der Waals surface area contributed by atoms with E-state index in [0.29, 0.717) is 5.56 Å². The van der Waals surface area contributed by atoms with Crippen LogP contribution in [0.25, 0.3) is 10.8 Å². The fourth-order valence-electron chi connectivity index (χ4n) is 1.74. The van der Waals surface area contributed by atoms with Crippen LogP contribution in [0.4, 0.5) is 0 Å². The van der Waals surface area contributed by atoms with E-state index in [0.717, 1.165) is 10.8 Å². The van der Waals surface area contributed by atoms with Gasteiger partial charge >= 0.3 is 5.97 Å². The summed E-state index contributed by atoms with van der Waals surface area (Å²) in [6.45, 7) is 0. The molecule has 0 aromatic heterocycles. The zero-order valence-electron chi connectivity index (χ0n) is 9.88. The van der Waals surface area contributed by atoms with Crippen LogP contribution in [-0.4, -0.2) is 18.2 Å². The summed E-state index contributed by atoms with van der Waals surface area (Å²) in [6, 6.07) is 13.3. The summed E-state index contributed by atoms with van der Waals surface area (Å²) in [7, 11) is 1.25. The normalized spacial score (nSPS) is 11.4. The Morgan fingerprint density at radius 1 is 1.22 bits per heavy atom. The summed E-state index contributed by atoms with van der Waals surface area (Å²) in [4.78, 5) is 10.9. The summed E-state index contributed by atoms with van der Waals surface area (Å²) in [5.74, 6) is 4.05. The molecule has 3 nitrogen and oxygen atoms in total. The quantitative estimate of drug-likeness (QED) is 0.471. The smallest absolute Gasteiger partial charge is 0.384 e. The van der Waals surface area contributed by atoms with Gasteiger partial charge in [0.25, 0.3) is 0 Å². The Hall–Kier alpha value is -2.31. The predicted octanol–water partition coefficient (Wildman–Crippen LogP) is 2.05. The van der Waals surface area contributed by atoms with E-state index in [1.165, 1.54) is 7.11 Å². The van der Waals surface area contributed by atoms with E-state index in [4.69, 9.17) is 0 Å². The van der Waals surface area contributed by atoms with Crippen molar-refractivity contribution in [3.8, 4) is 11.8 Å². The van der Waals surface area contributed by atoms with Crippen LogP contribution in [-0.2, 0) is 9.53 Å². The lowest BCUT2D eigenvalue weighted by molar-refractivity contribution is -0.133. The molecule has 2 rings (SSSR count). The Morgan fingerprint density at radius 2 is 1.94 bits per heavy atom. The summed E-state index contributed by atoms with van der Waals surface area (Å²) in [6.07, 6.45) is -1.00. The molecule has 0 fully saturated rings. The van der Waals surface area contributed by atoms with Crippen LogP contribution in [0.2, 0.25) is 0 Å². The Bertz CT molecular complexity index is 629. The maximum atomic E-state index is 10.9. The average molecular weight is 240 g/mol. The van der Waals surface area contributed by atoms with Crippen molar-refractivity contribution < 1.29 is 14.6 Å².